The highest BCUT2D eigenvalue weighted by molar-refractivity contribution is 6.10. The van der Waals surface area contributed by atoms with Crippen molar-refractivity contribution in [1.29, 1.82) is 0 Å². The summed E-state index contributed by atoms with van der Waals surface area (Å²) in [5.74, 6) is 0.282. The highest BCUT2D eigenvalue weighted by Gasteiger charge is 2.16. The standard InChI is InChI=1S/C22H27N3O2/c1-3-17-9-4-5-12-20(17)24-22(23-15-19-11-7-13-27-19)25-21(26)18-10-6-8-16(2)14-18/h4-6,8-10,12,14,19H,3,7,11,13,15H2,1-2H3,(H2,23,24,25,26)/t19-/m1/s1. The first kappa shape index (κ1) is 19.1. The van der Waals surface area contributed by atoms with Crippen LogP contribution in [0.4, 0.5) is 5.69 Å². The number of hydrogen-bond acceptors (Lipinski definition) is 3. The molecule has 2 aromatic carbocycles. The van der Waals surface area contributed by atoms with E-state index >= 15 is 0 Å². The number of benzene rings is 2. The fraction of sp³-hybridized carbons (Fsp3) is 0.364. The van der Waals surface area contributed by atoms with E-state index in [-0.39, 0.29) is 12.0 Å². The summed E-state index contributed by atoms with van der Waals surface area (Å²) in [4.78, 5) is 17.3. The molecule has 1 aliphatic rings. The summed E-state index contributed by atoms with van der Waals surface area (Å²) >= 11 is 0. The van der Waals surface area contributed by atoms with Crippen LogP contribution in [-0.2, 0) is 11.2 Å². The number of carbonyl (C=O) groups is 1. The molecule has 5 nitrogen and oxygen atoms in total. The number of rotatable bonds is 5. The number of para-hydroxylation sites is 1. The molecule has 3 rings (SSSR count). The van der Waals surface area contributed by atoms with Crippen LogP contribution >= 0.6 is 0 Å². The first-order chi connectivity index (χ1) is 13.2. The predicted molar refractivity (Wildman–Crippen MR) is 109 cm³/mol. The lowest BCUT2D eigenvalue weighted by molar-refractivity contribution is 0.0975. The summed E-state index contributed by atoms with van der Waals surface area (Å²) in [6.07, 6.45) is 3.10. The molecule has 5 heteroatoms. The van der Waals surface area contributed by atoms with Gasteiger partial charge < -0.3 is 10.1 Å². The number of aryl methyl sites for hydroxylation is 2. The fourth-order valence-corrected chi connectivity index (χ4v) is 3.14. The molecule has 1 heterocycles. The maximum Gasteiger partial charge on any atom is 0.257 e. The molecule has 1 fully saturated rings. The van der Waals surface area contributed by atoms with Crippen LogP contribution in [0.2, 0.25) is 0 Å². The predicted octanol–water partition coefficient (Wildman–Crippen LogP) is 3.93. The third kappa shape index (κ3) is 5.41. The van der Waals surface area contributed by atoms with E-state index in [0.29, 0.717) is 18.1 Å². The molecule has 0 bridgehead atoms. The maximum atomic E-state index is 12.7. The summed E-state index contributed by atoms with van der Waals surface area (Å²) in [6, 6.07) is 15.6. The largest absolute Gasteiger partial charge is 0.376 e. The molecule has 0 saturated carbocycles. The van der Waals surface area contributed by atoms with Gasteiger partial charge in [0.15, 0.2) is 0 Å². The van der Waals surface area contributed by atoms with Gasteiger partial charge in [-0.05, 0) is 49.9 Å². The number of ether oxygens (including phenoxy) is 1. The van der Waals surface area contributed by atoms with Crippen molar-refractivity contribution in [2.75, 3.05) is 18.5 Å². The van der Waals surface area contributed by atoms with Crippen molar-refractivity contribution < 1.29 is 9.53 Å². The third-order valence-electron chi connectivity index (χ3n) is 4.64. The van der Waals surface area contributed by atoms with E-state index in [1.54, 1.807) is 6.07 Å². The molecule has 0 unspecified atom stereocenters. The minimum atomic E-state index is -0.175. The summed E-state index contributed by atoms with van der Waals surface area (Å²) in [5.41, 5.74) is 3.79. The number of carbonyl (C=O) groups excluding carboxylic acids is 1. The molecule has 142 valence electrons. The van der Waals surface area contributed by atoms with Crippen molar-refractivity contribution in [3.05, 3.63) is 65.2 Å². The Morgan fingerprint density at radius 2 is 2.07 bits per heavy atom. The van der Waals surface area contributed by atoms with Gasteiger partial charge in [0, 0.05) is 17.9 Å². The van der Waals surface area contributed by atoms with Crippen molar-refractivity contribution in [3.63, 3.8) is 0 Å². The second kappa shape index (κ2) is 9.33. The van der Waals surface area contributed by atoms with Gasteiger partial charge in [-0.2, -0.15) is 0 Å². The van der Waals surface area contributed by atoms with Gasteiger partial charge in [0.2, 0.25) is 5.96 Å². The Morgan fingerprint density at radius 3 is 2.81 bits per heavy atom. The average molecular weight is 365 g/mol. The number of nitrogens with zero attached hydrogens (tertiary/aromatic N) is 1. The molecule has 1 aliphatic heterocycles. The van der Waals surface area contributed by atoms with Crippen molar-refractivity contribution >= 4 is 17.6 Å². The lowest BCUT2D eigenvalue weighted by Gasteiger charge is -2.15. The van der Waals surface area contributed by atoms with Gasteiger partial charge in [-0.3, -0.25) is 10.1 Å². The second-order valence-electron chi connectivity index (χ2n) is 6.78. The number of aliphatic imine (C=N–C) groups is 1. The molecule has 0 aliphatic carbocycles. The smallest absolute Gasteiger partial charge is 0.257 e. The molecular weight excluding hydrogens is 338 g/mol. The molecule has 2 aromatic rings. The summed E-state index contributed by atoms with van der Waals surface area (Å²) < 4.78 is 5.66. The molecule has 1 saturated heterocycles. The normalized spacial score (nSPS) is 17.0. The monoisotopic (exact) mass is 365 g/mol. The van der Waals surface area contributed by atoms with Gasteiger partial charge in [-0.25, -0.2) is 4.99 Å². The summed E-state index contributed by atoms with van der Waals surface area (Å²) in [6.45, 7) is 5.40. The van der Waals surface area contributed by atoms with E-state index in [4.69, 9.17) is 4.74 Å². The van der Waals surface area contributed by atoms with Crippen LogP contribution < -0.4 is 10.6 Å². The number of nitrogens with one attached hydrogen (secondary N) is 2. The lowest BCUT2D eigenvalue weighted by Crippen LogP contribution is -2.37. The molecule has 0 radical (unpaired) electrons. The Morgan fingerprint density at radius 1 is 1.22 bits per heavy atom. The van der Waals surface area contributed by atoms with Gasteiger partial charge in [-0.1, -0.05) is 42.8 Å². The van der Waals surface area contributed by atoms with Gasteiger partial charge in [-0.15, -0.1) is 0 Å². The van der Waals surface area contributed by atoms with E-state index in [1.807, 2.05) is 43.3 Å². The van der Waals surface area contributed by atoms with Crippen molar-refractivity contribution in [1.82, 2.24) is 5.32 Å². The van der Waals surface area contributed by atoms with Crippen LogP contribution in [0.25, 0.3) is 0 Å². The Bertz CT molecular complexity index is 811. The number of guanidine groups is 1. The third-order valence-corrected chi connectivity index (χ3v) is 4.64. The summed E-state index contributed by atoms with van der Waals surface area (Å²) in [5, 5.41) is 6.23. The van der Waals surface area contributed by atoms with Crippen LogP contribution in [-0.4, -0.2) is 31.1 Å². The van der Waals surface area contributed by atoms with E-state index in [2.05, 4.69) is 28.6 Å². The average Bonchev–Trinajstić information content (AvgIpc) is 3.20. The van der Waals surface area contributed by atoms with Crippen LogP contribution in [0, 0.1) is 6.92 Å². The Hall–Kier alpha value is -2.66. The second-order valence-corrected chi connectivity index (χ2v) is 6.78. The Kier molecular flexibility index (Phi) is 6.60. The van der Waals surface area contributed by atoms with Crippen LogP contribution in [0.3, 0.4) is 0 Å². The number of amides is 1. The SMILES string of the molecule is CCc1ccccc1NC(=NC[C@H]1CCCO1)NC(=O)c1cccc(C)c1. The highest BCUT2D eigenvalue weighted by Crippen LogP contribution is 2.16. The van der Waals surface area contributed by atoms with Crippen LogP contribution in [0.15, 0.2) is 53.5 Å². The number of anilines is 1. The molecule has 27 heavy (non-hydrogen) atoms. The van der Waals surface area contributed by atoms with Gasteiger partial charge in [0.1, 0.15) is 0 Å². The van der Waals surface area contributed by atoms with E-state index < -0.39 is 0 Å². The van der Waals surface area contributed by atoms with Crippen molar-refractivity contribution in [3.8, 4) is 0 Å². The molecule has 0 spiro atoms. The fourth-order valence-electron chi connectivity index (χ4n) is 3.14. The molecule has 1 atom stereocenters. The zero-order chi connectivity index (χ0) is 19.1. The van der Waals surface area contributed by atoms with Crippen molar-refractivity contribution in [2.24, 2.45) is 4.99 Å². The lowest BCUT2D eigenvalue weighted by atomic mass is 10.1. The van der Waals surface area contributed by atoms with E-state index in [0.717, 1.165) is 37.1 Å². The first-order valence-corrected chi connectivity index (χ1v) is 9.54. The summed E-state index contributed by atoms with van der Waals surface area (Å²) in [7, 11) is 0. The van der Waals surface area contributed by atoms with Gasteiger partial charge >= 0.3 is 0 Å². The van der Waals surface area contributed by atoms with Crippen LogP contribution in [0.5, 0.6) is 0 Å². The topological polar surface area (TPSA) is 62.7 Å². The Balaban J connectivity index is 1.78. The van der Waals surface area contributed by atoms with Gasteiger partial charge in [0.05, 0.1) is 12.6 Å². The molecule has 0 aromatic heterocycles. The Labute approximate surface area is 160 Å². The minimum Gasteiger partial charge on any atom is -0.376 e. The zero-order valence-corrected chi connectivity index (χ0v) is 16.0. The van der Waals surface area contributed by atoms with Crippen LogP contribution in [0.1, 0.15) is 41.3 Å². The molecule has 2 N–H and O–H groups in total. The molecular formula is C22H27N3O2. The molecule has 1 amide bonds. The number of hydrogen-bond donors (Lipinski definition) is 2. The van der Waals surface area contributed by atoms with E-state index in [9.17, 15) is 4.79 Å². The zero-order valence-electron chi connectivity index (χ0n) is 16.0. The van der Waals surface area contributed by atoms with Gasteiger partial charge in [0.25, 0.3) is 5.91 Å². The van der Waals surface area contributed by atoms with E-state index in [1.165, 1.54) is 5.56 Å². The quantitative estimate of drug-likeness (QED) is 0.623. The maximum absolute atomic E-state index is 12.7. The highest BCUT2D eigenvalue weighted by atomic mass is 16.5. The first-order valence-electron chi connectivity index (χ1n) is 9.54. The van der Waals surface area contributed by atoms with Crippen molar-refractivity contribution in [2.45, 2.75) is 39.2 Å². The minimum absolute atomic E-state index is 0.124.